The van der Waals surface area contributed by atoms with Crippen LogP contribution in [0.2, 0.25) is 0 Å². The predicted molar refractivity (Wildman–Crippen MR) is 147 cm³/mol. The molecule has 0 fully saturated rings. The number of methoxy groups -OCH3 is 3. The largest absolute Gasteiger partial charge is 0.497 e. The highest BCUT2D eigenvalue weighted by atomic mass is 32.2. The molecule has 1 heterocycles. The van der Waals surface area contributed by atoms with E-state index in [1.165, 1.54) is 38.4 Å². The van der Waals surface area contributed by atoms with Crippen LogP contribution in [0.5, 0.6) is 5.75 Å². The molecule has 0 aromatic heterocycles. The molecule has 12 heteroatoms. The number of carbonyl (C=O) groups is 1. The molecule has 1 aliphatic heterocycles. The second-order valence-electron chi connectivity index (χ2n) is 9.09. The van der Waals surface area contributed by atoms with Gasteiger partial charge in [0.2, 0.25) is 16.3 Å². The molecule has 220 valence electrons. The van der Waals surface area contributed by atoms with Crippen LogP contribution in [0, 0.1) is 0 Å². The second-order valence-corrected chi connectivity index (χ2v) is 11.0. The number of allylic oxidation sites excluding steroid dienone is 1. The lowest BCUT2D eigenvalue weighted by Crippen LogP contribution is -2.40. The van der Waals surface area contributed by atoms with Crippen LogP contribution in [0.25, 0.3) is 0 Å². The Morgan fingerprint density at radius 2 is 1.73 bits per heavy atom. The number of ether oxygens (including phenoxy) is 5. The summed E-state index contributed by atoms with van der Waals surface area (Å²) < 4.78 is 55.0. The Balaban J connectivity index is 1.72. The van der Waals surface area contributed by atoms with Crippen molar-refractivity contribution in [3.63, 3.8) is 0 Å². The van der Waals surface area contributed by atoms with Gasteiger partial charge in [0.1, 0.15) is 5.75 Å². The smallest absolute Gasteiger partial charge is 0.288 e. The number of benzene rings is 2. The third-order valence-electron chi connectivity index (χ3n) is 6.48. The number of carbonyl (C=O) groups excluding carboxylic acids is 1. The zero-order chi connectivity index (χ0) is 29.1. The minimum absolute atomic E-state index is 0.0195. The molecule has 3 rings (SSSR count). The van der Waals surface area contributed by atoms with Crippen LogP contribution in [0.3, 0.4) is 0 Å². The van der Waals surface area contributed by atoms with Crippen LogP contribution < -0.4 is 4.74 Å². The Hall–Kier alpha value is -3.00. The van der Waals surface area contributed by atoms with Gasteiger partial charge in [0.15, 0.2) is 12.0 Å². The fourth-order valence-electron chi connectivity index (χ4n) is 4.23. The molecule has 40 heavy (non-hydrogen) atoms. The average Bonchev–Trinajstić information content (AvgIpc) is 2.99. The highest BCUT2D eigenvalue weighted by Gasteiger charge is 2.31. The predicted octanol–water partition coefficient (Wildman–Crippen LogP) is 2.19. The Morgan fingerprint density at radius 1 is 1.05 bits per heavy atom. The third kappa shape index (κ3) is 8.26. The minimum Gasteiger partial charge on any atom is -0.497 e. The molecule has 2 aromatic rings. The first-order chi connectivity index (χ1) is 19.2. The molecule has 0 bridgehead atoms. The van der Waals surface area contributed by atoms with E-state index in [2.05, 4.69) is 0 Å². The third-order valence-corrected chi connectivity index (χ3v) is 8.40. The molecule has 2 atom stereocenters. The van der Waals surface area contributed by atoms with E-state index >= 15 is 0 Å². The molecular formula is C28H38N2O9S. The molecule has 0 unspecified atom stereocenters. The van der Waals surface area contributed by atoms with Gasteiger partial charge in [-0.2, -0.15) is 4.31 Å². The zero-order valence-electron chi connectivity index (χ0n) is 23.3. The number of sulfonamides is 1. The van der Waals surface area contributed by atoms with E-state index in [0.717, 1.165) is 9.87 Å². The highest BCUT2D eigenvalue weighted by molar-refractivity contribution is 7.89. The highest BCUT2D eigenvalue weighted by Crippen LogP contribution is 2.32. The average molecular weight is 579 g/mol. The van der Waals surface area contributed by atoms with Crippen LogP contribution in [0.4, 0.5) is 0 Å². The van der Waals surface area contributed by atoms with Crippen LogP contribution >= 0.6 is 0 Å². The van der Waals surface area contributed by atoms with Crippen molar-refractivity contribution in [3.8, 4) is 5.75 Å². The fourth-order valence-corrected chi connectivity index (χ4v) is 5.64. The van der Waals surface area contributed by atoms with Gasteiger partial charge >= 0.3 is 0 Å². The summed E-state index contributed by atoms with van der Waals surface area (Å²) in [6.07, 6.45) is 0.798. The van der Waals surface area contributed by atoms with Crippen LogP contribution in [-0.2, 0) is 33.8 Å². The second kappa shape index (κ2) is 15.1. The first-order valence-corrected chi connectivity index (χ1v) is 14.3. The summed E-state index contributed by atoms with van der Waals surface area (Å²) in [4.78, 5) is 14.7. The molecule has 2 aromatic carbocycles. The van der Waals surface area contributed by atoms with Crippen LogP contribution in [-0.4, -0.2) is 102 Å². The standard InChI is InChI=1S/C28H38N2O9S/c1-29(20-27(36-3)37-4)28(32)25-18-22(21-8-6-5-7-9-21)19-26(39-25)38-17-15-30(14-16-31)40(33,34)24-12-10-23(35-2)11-13-24/h5-13,18,22,26-27,31H,14-17,19-20H2,1-4H3/t22-,26+/m0/s1. The molecule has 11 nitrogen and oxygen atoms in total. The molecule has 1 aliphatic rings. The van der Waals surface area contributed by atoms with Crippen molar-refractivity contribution in [3.05, 3.63) is 72.0 Å². The van der Waals surface area contributed by atoms with E-state index in [-0.39, 0.29) is 55.3 Å². The molecule has 0 saturated carbocycles. The van der Waals surface area contributed by atoms with Gasteiger partial charge in [-0.1, -0.05) is 30.3 Å². The lowest BCUT2D eigenvalue weighted by atomic mass is 9.93. The quantitative estimate of drug-likeness (QED) is 0.317. The van der Waals surface area contributed by atoms with Crippen molar-refractivity contribution in [2.24, 2.45) is 0 Å². The number of aliphatic hydroxyl groups is 1. The van der Waals surface area contributed by atoms with E-state index < -0.39 is 22.6 Å². The summed E-state index contributed by atoms with van der Waals surface area (Å²) in [5.74, 6) is 0.126. The normalized spacial score (nSPS) is 17.4. The number of nitrogens with zero attached hydrogens (tertiary/aromatic N) is 2. The van der Waals surface area contributed by atoms with Gasteiger partial charge in [0, 0.05) is 46.7 Å². The number of hydrogen-bond donors (Lipinski definition) is 1. The summed E-state index contributed by atoms with van der Waals surface area (Å²) in [5, 5.41) is 9.52. The maximum atomic E-state index is 13.2. The number of rotatable bonds is 15. The van der Waals surface area contributed by atoms with Gasteiger partial charge < -0.3 is 33.7 Å². The van der Waals surface area contributed by atoms with E-state index in [1.54, 1.807) is 25.3 Å². The Labute approximate surface area is 235 Å². The van der Waals surface area contributed by atoms with Gasteiger partial charge in [-0.3, -0.25) is 4.79 Å². The van der Waals surface area contributed by atoms with Crippen molar-refractivity contribution in [2.45, 2.75) is 29.8 Å². The Bertz CT molecular complexity index is 1200. The minimum atomic E-state index is -3.90. The molecule has 0 saturated heterocycles. The SMILES string of the molecule is COc1ccc(S(=O)(=O)N(CCO)CCO[C@H]2C[C@@H](c3ccccc3)C=C(C(=O)N(C)CC(OC)OC)O2)cc1. The molecular weight excluding hydrogens is 540 g/mol. The Morgan fingerprint density at radius 3 is 2.33 bits per heavy atom. The first kappa shape index (κ1) is 31.5. The monoisotopic (exact) mass is 578 g/mol. The van der Waals surface area contributed by atoms with Crippen molar-refractivity contribution in [1.82, 2.24) is 9.21 Å². The summed E-state index contributed by atoms with van der Waals surface area (Å²) in [7, 11) is 2.21. The molecule has 0 radical (unpaired) electrons. The fraction of sp³-hybridized carbons (Fsp3) is 0.464. The van der Waals surface area contributed by atoms with E-state index in [4.69, 9.17) is 23.7 Å². The van der Waals surface area contributed by atoms with Crippen molar-refractivity contribution >= 4 is 15.9 Å². The van der Waals surface area contributed by atoms with Crippen LogP contribution in [0.15, 0.2) is 71.3 Å². The zero-order valence-corrected chi connectivity index (χ0v) is 24.1. The summed E-state index contributed by atoms with van der Waals surface area (Å²) >= 11 is 0. The van der Waals surface area contributed by atoms with Gasteiger partial charge in [0.25, 0.3) is 5.91 Å². The number of aliphatic hydroxyl groups excluding tert-OH is 1. The van der Waals surface area contributed by atoms with Crippen molar-refractivity contribution in [1.29, 1.82) is 0 Å². The maximum Gasteiger partial charge on any atom is 0.288 e. The molecule has 1 amide bonds. The number of hydrogen-bond acceptors (Lipinski definition) is 9. The first-order valence-electron chi connectivity index (χ1n) is 12.8. The van der Waals surface area contributed by atoms with E-state index in [9.17, 15) is 18.3 Å². The lowest BCUT2D eigenvalue weighted by Gasteiger charge is -2.32. The van der Waals surface area contributed by atoms with Crippen molar-refractivity contribution in [2.75, 3.05) is 61.2 Å². The summed E-state index contributed by atoms with van der Waals surface area (Å²) in [6.45, 7) is -0.323. The summed E-state index contributed by atoms with van der Waals surface area (Å²) in [6, 6.07) is 15.7. The maximum absolute atomic E-state index is 13.2. The topological polar surface area (TPSA) is 124 Å². The number of likely N-dealkylation sites (N-methyl/N-ethyl adjacent to an activating group) is 1. The van der Waals surface area contributed by atoms with Crippen LogP contribution in [0.1, 0.15) is 17.9 Å². The van der Waals surface area contributed by atoms with Gasteiger partial charge in [-0.05, 0) is 35.9 Å². The van der Waals surface area contributed by atoms with Gasteiger partial charge in [0.05, 0.1) is 31.8 Å². The van der Waals surface area contributed by atoms with E-state index in [1.807, 2.05) is 30.3 Å². The van der Waals surface area contributed by atoms with E-state index in [0.29, 0.717) is 12.2 Å². The van der Waals surface area contributed by atoms with Crippen molar-refractivity contribution < 1.29 is 42.0 Å². The molecule has 0 spiro atoms. The summed E-state index contributed by atoms with van der Waals surface area (Å²) in [5.41, 5.74) is 0.989. The Kier molecular flexibility index (Phi) is 11.9. The number of amides is 1. The lowest BCUT2D eigenvalue weighted by molar-refractivity contribution is -0.158. The molecule has 0 aliphatic carbocycles. The van der Waals surface area contributed by atoms with Gasteiger partial charge in [-0.15, -0.1) is 0 Å². The van der Waals surface area contributed by atoms with Gasteiger partial charge in [-0.25, -0.2) is 8.42 Å². The molecule has 1 N–H and O–H groups in total.